The Kier molecular flexibility index (Phi) is 6.81. The summed E-state index contributed by atoms with van der Waals surface area (Å²) in [6.45, 7) is 6.58. The van der Waals surface area contributed by atoms with Gasteiger partial charge >= 0.3 is 0 Å². The van der Waals surface area contributed by atoms with Crippen molar-refractivity contribution < 1.29 is 4.74 Å². The van der Waals surface area contributed by atoms with Gasteiger partial charge in [0.05, 0.1) is 6.10 Å². The van der Waals surface area contributed by atoms with Gasteiger partial charge in [-0.25, -0.2) is 0 Å². The van der Waals surface area contributed by atoms with Crippen LogP contribution in [0, 0.1) is 11.8 Å². The van der Waals surface area contributed by atoms with Gasteiger partial charge in [-0.2, -0.15) is 0 Å². The molecule has 140 valence electrons. The Labute approximate surface area is 154 Å². The van der Waals surface area contributed by atoms with Crippen LogP contribution in [0.15, 0.2) is 24.3 Å². The fourth-order valence-electron chi connectivity index (χ4n) is 4.68. The molecule has 0 aliphatic heterocycles. The van der Waals surface area contributed by atoms with Crippen LogP contribution in [-0.2, 0) is 0 Å². The molecule has 2 aliphatic rings. The summed E-state index contributed by atoms with van der Waals surface area (Å²) in [5.41, 5.74) is 1.46. The predicted molar refractivity (Wildman–Crippen MR) is 106 cm³/mol. The highest BCUT2D eigenvalue weighted by Gasteiger charge is 2.28. The molecule has 1 aromatic rings. The van der Waals surface area contributed by atoms with Crippen LogP contribution < -0.4 is 10.1 Å². The minimum Gasteiger partial charge on any atom is -0.491 e. The monoisotopic (exact) mass is 343 g/mol. The smallest absolute Gasteiger partial charge is 0.119 e. The van der Waals surface area contributed by atoms with E-state index in [4.69, 9.17) is 4.74 Å². The molecule has 25 heavy (non-hydrogen) atoms. The number of benzene rings is 1. The average molecular weight is 344 g/mol. The molecule has 0 spiro atoms. The lowest BCUT2D eigenvalue weighted by atomic mass is 9.79. The number of hydrogen-bond acceptors (Lipinski definition) is 2. The highest BCUT2D eigenvalue weighted by Crippen LogP contribution is 2.36. The van der Waals surface area contributed by atoms with Crippen molar-refractivity contribution in [3.63, 3.8) is 0 Å². The van der Waals surface area contributed by atoms with Gasteiger partial charge in [0.2, 0.25) is 0 Å². The fourth-order valence-corrected chi connectivity index (χ4v) is 4.68. The Hall–Kier alpha value is -1.02. The van der Waals surface area contributed by atoms with E-state index in [9.17, 15) is 0 Å². The topological polar surface area (TPSA) is 21.3 Å². The van der Waals surface area contributed by atoms with Crippen LogP contribution in [0.4, 0.5) is 0 Å². The molecule has 2 aliphatic carbocycles. The SMILES string of the molecule is CC1CCC(NC(c2ccc(OC(C)C)cc2)C2CCCCC2)CC1. The van der Waals surface area contributed by atoms with Gasteiger partial charge in [-0.05, 0) is 81.9 Å². The largest absolute Gasteiger partial charge is 0.491 e. The lowest BCUT2D eigenvalue weighted by Gasteiger charge is -2.36. The van der Waals surface area contributed by atoms with Gasteiger partial charge in [-0.1, -0.05) is 38.3 Å². The number of hydrogen-bond donors (Lipinski definition) is 1. The molecule has 0 heterocycles. The summed E-state index contributed by atoms with van der Waals surface area (Å²) in [7, 11) is 0. The summed E-state index contributed by atoms with van der Waals surface area (Å²) in [4.78, 5) is 0. The van der Waals surface area contributed by atoms with Gasteiger partial charge in [0.1, 0.15) is 5.75 Å². The van der Waals surface area contributed by atoms with Gasteiger partial charge in [0.15, 0.2) is 0 Å². The van der Waals surface area contributed by atoms with Crippen molar-refractivity contribution >= 4 is 0 Å². The quantitative estimate of drug-likeness (QED) is 0.658. The zero-order chi connectivity index (χ0) is 17.6. The van der Waals surface area contributed by atoms with Crippen LogP contribution in [-0.4, -0.2) is 12.1 Å². The lowest BCUT2D eigenvalue weighted by Crippen LogP contribution is -2.39. The summed E-state index contributed by atoms with van der Waals surface area (Å²) >= 11 is 0. The van der Waals surface area contributed by atoms with E-state index in [1.165, 1.54) is 63.4 Å². The van der Waals surface area contributed by atoms with Crippen LogP contribution in [0.1, 0.15) is 90.2 Å². The van der Waals surface area contributed by atoms with Crippen LogP contribution in [0.3, 0.4) is 0 Å². The van der Waals surface area contributed by atoms with E-state index < -0.39 is 0 Å². The van der Waals surface area contributed by atoms with E-state index in [0.717, 1.165) is 17.6 Å². The Morgan fingerprint density at radius 1 is 0.880 bits per heavy atom. The molecule has 1 unspecified atom stereocenters. The number of rotatable bonds is 6. The van der Waals surface area contributed by atoms with Gasteiger partial charge in [-0.15, -0.1) is 0 Å². The van der Waals surface area contributed by atoms with Crippen LogP contribution in [0.25, 0.3) is 0 Å². The molecular formula is C23H37NO. The summed E-state index contributed by atoms with van der Waals surface area (Å²) < 4.78 is 5.84. The second-order valence-corrected chi connectivity index (χ2v) is 8.73. The highest BCUT2D eigenvalue weighted by atomic mass is 16.5. The van der Waals surface area contributed by atoms with Crippen molar-refractivity contribution in [2.24, 2.45) is 11.8 Å². The second kappa shape index (κ2) is 9.07. The number of ether oxygens (including phenoxy) is 1. The first-order valence-electron chi connectivity index (χ1n) is 10.6. The van der Waals surface area contributed by atoms with Crippen molar-refractivity contribution in [1.29, 1.82) is 0 Å². The molecule has 1 atom stereocenters. The van der Waals surface area contributed by atoms with E-state index in [1.54, 1.807) is 0 Å². The Morgan fingerprint density at radius 3 is 2.12 bits per heavy atom. The van der Waals surface area contributed by atoms with Crippen molar-refractivity contribution in [3.05, 3.63) is 29.8 Å². The maximum Gasteiger partial charge on any atom is 0.119 e. The molecule has 0 saturated heterocycles. The average Bonchev–Trinajstić information content (AvgIpc) is 2.62. The molecule has 0 bridgehead atoms. The van der Waals surface area contributed by atoms with Crippen LogP contribution in [0.5, 0.6) is 5.75 Å². The molecule has 1 aromatic carbocycles. The third kappa shape index (κ3) is 5.48. The molecule has 2 heteroatoms. The summed E-state index contributed by atoms with van der Waals surface area (Å²) in [6, 6.07) is 10.2. The molecule has 2 fully saturated rings. The van der Waals surface area contributed by atoms with E-state index in [-0.39, 0.29) is 6.10 Å². The van der Waals surface area contributed by atoms with Crippen molar-refractivity contribution in [2.45, 2.75) is 96.7 Å². The molecule has 0 amide bonds. The number of nitrogens with one attached hydrogen (secondary N) is 1. The second-order valence-electron chi connectivity index (χ2n) is 8.73. The fraction of sp³-hybridized carbons (Fsp3) is 0.739. The molecule has 2 saturated carbocycles. The molecule has 2 nitrogen and oxygen atoms in total. The third-order valence-corrected chi connectivity index (χ3v) is 6.16. The van der Waals surface area contributed by atoms with E-state index in [1.807, 2.05) is 0 Å². The molecular weight excluding hydrogens is 306 g/mol. The van der Waals surface area contributed by atoms with Crippen molar-refractivity contribution in [1.82, 2.24) is 5.32 Å². The summed E-state index contributed by atoms with van der Waals surface area (Å²) in [6.07, 6.45) is 12.7. The molecule has 1 N–H and O–H groups in total. The zero-order valence-electron chi connectivity index (χ0n) is 16.5. The highest BCUT2D eigenvalue weighted by molar-refractivity contribution is 5.30. The standard InChI is InChI=1S/C23H37NO/c1-17(2)25-22-15-11-20(12-16-22)23(19-7-5-4-6-8-19)24-21-13-9-18(3)10-14-21/h11-12,15-19,21,23-24H,4-10,13-14H2,1-3H3. The Balaban J connectivity index is 1.71. The van der Waals surface area contributed by atoms with Gasteiger partial charge in [0.25, 0.3) is 0 Å². The maximum absolute atomic E-state index is 5.84. The molecule has 0 radical (unpaired) electrons. The lowest BCUT2D eigenvalue weighted by molar-refractivity contribution is 0.219. The van der Waals surface area contributed by atoms with Crippen molar-refractivity contribution in [2.75, 3.05) is 0 Å². The third-order valence-electron chi connectivity index (χ3n) is 6.16. The Bertz CT molecular complexity index is 495. The summed E-state index contributed by atoms with van der Waals surface area (Å²) in [5.74, 6) is 2.70. The molecule has 3 rings (SSSR count). The predicted octanol–water partition coefficient (Wildman–Crippen LogP) is 6.26. The van der Waals surface area contributed by atoms with E-state index in [0.29, 0.717) is 12.1 Å². The minimum atomic E-state index is 0.238. The van der Waals surface area contributed by atoms with Crippen molar-refractivity contribution in [3.8, 4) is 5.75 Å². The first-order valence-corrected chi connectivity index (χ1v) is 10.6. The first-order chi connectivity index (χ1) is 12.1. The van der Waals surface area contributed by atoms with Gasteiger partial charge < -0.3 is 10.1 Å². The first kappa shape index (κ1) is 18.8. The van der Waals surface area contributed by atoms with E-state index >= 15 is 0 Å². The van der Waals surface area contributed by atoms with E-state index in [2.05, 4.69) is 50.4 Å². The Morgan fingerprint density at radius 2 is 1.52 bits per heavy atom. The normalized spacial score (nSPS) is 26.6. The van der Waals surface area contributed by atoms with Gasteiger partial charge in [-0.3, -0.25) is 0 Å². The maximum atomic E-state index is 5.84. The van der Waals surface area contributed by atoms with Crippen LogP contribution >= 0.6 is 0 Å². The summed E-state index contributed by atoms with van der Waals surface area (Å²) in [5, 5.41) is 4.08. The molecule has 0 aromatic heterocycles. The van der Waals surface area contributed by atoms with Crippen LogP contribution in [0.2, 0.25) is 0 Å². The zero-order valence-corrected chi connectivity index (χ0v) is 16.5. The van der Waals surface area contributed by atoms with Gasteiger partial charge in [0, 0.05) is 12.1 Å². The minimum absolute atomic E-state index is 0.238.